The summed E-state index contributed by atoms with van der Waals surface area (Å²) in [6, 6.07) is 31.4. The quantitative estimate of drug-likeness (QED) is 0.0271. The van der Waals surface area contributed by atoms with Gasteiger partial charge in [-0.3, -0.25) is 0 Å². The van der Waals surface area contributed by atoms with Crippen LogP contribution >= 0.6 is 119 Å². The van der Waals surface area contributed by atoms with Crippen LogP contribution in [0.1, 0.15) is 234 Å². The third kappa shape index (κ3) is 15.2. The second-order valence-electron chi connectivity index (χ2n) is 28.7. The number of fused-ring (bicyclic) bond motifs is 22. The van der Waals surface area contributed by atoms with Gasteiger partial charge in [0.2, 0.25) is 0 Å². The highest BCUT2D eigenvalue weighted by molar-refractivity contribution is 8.07. The van der Waals surface area contributed by atoms with Crippen LogP contribution in [0.25, 0.3) is 121 Å². The minimum Gasteiger partial charge on any atom is -0.135 e. The fourth-order valence-electron chi connectivity index (χ4n) is 15.9. The first-order chi connectivity index (χ1) is 50.5. The van der Waals surface area contributed by atoms with Gasteiger partial charge in [0.05, 0.1) is 0 Å². The Labute approximate surface area is 664 Å². The van der Waals surface area contributed by atoms with Gasteiger partial charge in [-0.1, -0.05) is 160 Å². The van der Waals surface area contributed by atoms with E-state index in [0.717, 1.165) is 0 Å². The van der Waals surface area contributed by atoms with E-state index in [1.807, 2.05) is 18.5 Å². The van der Waals surface area contributed by atoms with Gasteiger partial charge in [-0.25, -0.2) is 0 Å². The summed E-state index contributed by atoms with van der Waals surface area (Å²) in [4.78, 5) is 0. The Morgan fingerprint density at radius 1 is 0.221 bits per heavy atom. The molecule has 104 heavy (non-hydrogen) atoms. The van der Waals surface area contributed by atoms with E-state index in [4.69, 9.17) is 0 Å². The maximum Gasteiger partial charge on any atom is 0.133 e. The number of benzene rings is 6. The topological polar surface area (TPSA) is 0 Å². The predicted octanol–water partition coefficient (Wildman–Crippen LogP) is 27.6. The van der Waals surface area contributed by atoms with Gasteiger partial charge in [0.25, 0.3) is 0 Å². The molecule has 8 heterocycles. The van der Waals surface area contributed by atoms with E-state index in [2.05, 4.69) is 247 Å². The Morgan fingerprint density at radius 2 is 0.394 bits per heavy atom. The lowest BCUT2D eigenvalue weighted by molar-refractivity contribution is 0.869. The van der Waals surface area contributed by atoms with Crippen molar-refractivity contribution >= 4 is 289 Å². The molecule has 556 valence electrons. The molecular formula is C88H124B4P4S8. The van der Waals surface area contributed by atoms with E-state index in [-0.39, 0.29) is 30.3 Å². The average Bonchev–Trinajstić information content (AvgIpc) is 1.54. The molecule has 0 fully saturated rings. The van der Waals surface area contributed by atoms with Crippen molar-refractivity contribution in [2.45, 2.75) is 237 Å². The van der Waals surface area contributed by atoms with Crippen molar-refractivity contribution in [1.82, 2.24) is 0 Å². The van der Waals surface area contributed by atoms with Gasteiger partial charge in [-0.2, -0.15) is 0 Å². The van der Waals surface area contributed by atoms with Crippen LogP contribution in [0.5, 0.6) is 0 Å². The molecule has 0 aliphatic rings. The molecule has 16 heteroatoms. The van der Waals surface area contributed by atoms with Crippen LogP contribution in [-0.4, -0.2) is 79.6 Å². The summed E-state index contributed by atoms with van der Waals surface area (Å²) < 4.78 is 26.2. The molecule has 0 aliphatic carbocycles. The number of hydrogen-bond acceptors (Lipinski definition) is 8. The van der Waals surface area contributed by atoms with Gasteiger partial charge in [0, 0.05) is 170 Å². The van der Waals surface area contributed by atoms with E-state index in [0.29, 0.717) is 0 Å². The lowest BCUT2D eigenvalue weighted by Gasteiger charge is -2.28. The first-order valence-corrected chi connectivity index (χ1v) is 52.9. The largest absolute Gasteiger partial charge is 0.135 e. The fraction of sp³-hybridized carbons (Fsp3) is 0.500. The molecule has 0 atom stereocenters. The van der Waals surface area contributed by atoms with Crippen LogP contribution in [0.3, 0.4) is 0 Å². The number of unbranched alkanes of at least 4 members (excludes halogenated alkanes) is 8. The Morgan fingerprint density at radius 3 is 0.558 bits per heavy atom. The summed E-state index contributed by atoms with van der Waals surface area (Å²) in [7, 11) is -2.68. The summed E-state index contributed by atoms with van der Waals surface area (Å²) in [6.45, 7) is 28.8. The van der Waals surface area contributed by atoms with Crippen molar-refractivity contribution < 1.29 is 0 Å². The average molecular weight is 1610 g/mol. The van der Waals surface area contributed by atoms with Gasteiger partial charge in [-0.05, 0) is 172 Å². The maximum atomic E-state index is 2.80. The van der Waals surface area contributed by atoms with E-state index in [9.17, 15) is 0 Å². The van der Waals surface area contributed by atoms with Crippen LogP contribution in [0.15, 0.2) is 72.8 Å². The highest BCUT2D eigenvalue weighted by atomic mass is 32.1. The summed E-state index contributed by atoms with van der Waals surface area (Å²) in [6.07, 6.45) is 43.9. The number of hydrogen-bond donors (Lipinski definition) is 0. The van der Waals surface area contributed by atoms with Crippen molar-refractivity contribution in [3.63, 3.8) is 0 Å². The smallest absolute Gasteiger partial charge is 0.133 e. The van der Waals surface area contributed by atoms with E-state index in [1.165, 1.54) is 222 Å². The molecule has 8 aromatic heterocycles. The third-order valence-corrected chi connectivity index (χ3v) is 43.7. The Hall–Kier alpha value is -1.98. The first-order valence-electron chi connectivity index (χ1n) is 39.5. The fourth-order valence-corrected chi connectivity index (χ4v) is 39.4. The summed E-state index contributed by atoms with van der Waals surface area (Å²) in [5.74, 6) is 0. The van der Waals surface area contributed by atoms with Gasteiger partial charge >= 0.3 is 0 Å². The molecule has 14 rings (SSSR count). The molecule has 14 aromatic rings. The third-order valence-electron chi connectivity index (χ3n) is 21.2. The van der Waals surface area contributed by atoms with Crippen molar-refractivity contribution in [2.24, 2.45) is 0 Å². The Balaban J connectivity index is 0.000000185. The van der Waals surface area contributed by atoms with Crippen molar-refractivity contribution in [1.29, 1.82) is 0 Å². The molecule has 6 aromatic carbocycles. The minimum absolute atomic E-state index is 0.268. The predicted molar refractivity (Wildman–Crippen MR) is 526 cm³/mol. The molecule has 0 radical (unpaired) electrons. The van der Waals surface area contributed by atoms with E-state index >= 15 is 0 Å². The zero-order valence-electron chi connectivity index (χ0n) is 62.6. The summed E-state index contributed by atoms with van der Waals surface area (Å²) >= 11 is 17.4. The maximum absolute atomic E-state index is 2.80. The lowest BCUT2D eigenvalue weighted by atomic mass is 9.92. The van der Waals surface area contributed by atoms with Crippen LogP contribution < -0.4 is 18.5 Å². The van der Waals surface area contributed by atoms with Crippen molar-refractivity contribution in [3.05, 3.63) is 95.1 Å². The van der Waals surface area contributed by atoms with Gasteiger partial charge < -0.3 is 0 Å². The molecule has 0 aliphatic heterocycles. The van der Waals surface area contributed by atoms with Gasteiger partial charge in [0.15, 0.2) is 0 Å². The zero-order valence-corrected chi connectivity index (χ0v) is 72.7. The highest BCUT2D eigenvalue weighted by Crippen LogP contribution is 2.63. The van der Waals surface area contributed by atoms with Crippen LogP contribution in [0.4, 0.5) is 0 Å². The second-order valence-corrected chi connectivity index (χ2v) is 48.2. The molecule has 0 spiro atoms. The normalized spacial score (nSPS) is 13.1. The SMILES string of the molecule is [BH3-][P+](CCCC)(CCCC)c1cc2c(ccc3sc4c(CCC)c(CCC)c5sc6ccc7sc([P+]([BH3-])(CCCC)CCCC)cc7c6c5c4c32)s1.[BH3-][P+](CCCC)(CCCC)c1cc2c(ccc3sc4c(CCC)c(CCC)c5sc6ccc7sc([P+]([BH3-])(CCCC)CCCC)cc7c6c5c4c32)s1. The van der Waals surface area contributed by atoms with Crippen molar-refractivity contribution in [2.75, 3.05) is 49.3 Å². The molecule has 0 nitrogen and oxygen atoms in total. The second kappa shape index (κ2) is 35.0. The highest BCUT2D eigenvalue weighted by Gasteiger charge is 2.36. The monoisotopic (exact) mass is 1600 g/mol. The molecule has 0 saturated carbocycles. The minimum atomic E-state index is -0.937. The van der Waals surface area contributed by atoms with E-state index in [1.54, 1.807) is 124 Å². The van der Waals surface area contributed by atoms with Crippen molar-refractivity contribution in [3.8, 4) is 0 Å². The van der Waals surface area contributed by atoms with Crippen LogP contribution in [0, 0.1) is 0 Å². The number of aryl methyl sites for hydroxylation is 4. The Bertz CT molecular complexity index is 4650. The first kappa shape index (κ1) is 80.1. The molecular weight excluding hydrogens is 1480 g/mol. The van der Waals surface area contributed by atoms with Gasteiger partial charge in [-0.15, -0.1) is 119 Å². The van der Waals surface area contributed by atoms with Crippen LogP contribution in [-0.2, 0) is 25.7 Å². The zero-order chi connectivity index (χ0) is 73.2. The molecule has 0 amide bonds. The van der Waals surface area contributed by atoms with Crippen LogP contribution in [0.2, 0.25) is 0 Å². The van der Waals surface area contributed by atoms with E-state index < -0.39 is 28.6 Å². The summed E-state index contributed by atoms with van der Waals surface area (Å²) in [5.41, 5.74) is 6.72. The standard InChI is InChI=1S/2C44H62B2P2S4/c2*1-7-13-23-47(45,24-14-8-2)37-27-31-33(49-37)19-21-35-39(31)41-42-40-32-28-38(48(46,25-15-9-3)26-16-10-4)50-34(32)20-22-36(40)52-44(42)30(18-12-6)29(17-11-5)43(41)51-35/h2*19-22,27-28H,7-18,23-26H2,1-6,45-46H3. The number of thiophene rings is 8. The molecule has 0 unspecified atom stereocenters. The molecule has 0 bridgehead atoms. The molecule has 0 N–H and O–H groups in total. The lowest BCUT2D eigenvalue weighted by Crippen LogP contribution is -2.15. The summed E-state index contributed by atoms with van der Waals surface area (Å²) in [5, 5.41) is 19.3. The molecule has 0 saturated heterocycles. The Kier molecular flexibility index (Phi) is 26.9. The number of rotatable bonds is 36. The van der Waals surface area contributed by atoms with Gasteiger partial charge in [0.1, 0.15) is 48.7 Å².